The van der Waals surface area contributed by atoms with Gasteiger partial charge in [-0.25, -0.2) is 14.4 Å². The molecule has 2 N–H and O–H groups in total. The van der Waals surface area contributed by atoms with E-state index in [4.69, 9.17) is 5.73 Å². The highest BCUT2D eigenvalue weighted by molar-refractivity contribution is 5.40. The lowest BCUT2D eigenvalue weighted by atomic mass is 10.5. The van der Waals surface area contributed by atoms with Crippen LogP contribution in [0, 0.1) is 5.82 Å². The third-order valence-electron chi connectivity index (χ3n) is 0.972. The van der Waals surface area contributed by atoms with E-state index in [0.717, 1.165) is 6.20 Å². The average molecular weight is 139 g/mol. The minimum Gasteiger partial charge on any atom is -0.381 e. The monoisotopic (exact) mass is 139 g/mol. The number of anilines is 1. The molecule has 0 spiro atoms. The molecule has 0 amide bonds. The van der Waals surface area contributed by atoms with E-state index in [9.17, 15) is 4.39 Å². The van der Waals surface area contributed by atoms with Crippen molar-refractivity contribution in [2.75, 3.05) is 5.73 Å². The Morgan fingerprint density at radius 3 is 2.90 bits per heavy atom. The first-order valence-corrected chi connectivity index (χ1v) is 2.64. The summed E-state index contributed by atoms with van der Waals surface area (Å²) in [5.74, 6) is -0.422. The summed E-state index contributed by atoms with van der Waals surface area (Å²) in [4.78, 5) is 7.14. The second-order valence-electron chi connectivity index (χ2n) is 1.67. The number of hydrogen-bond donors (Lipinski definition) is 1. The molecule has 1 rings (SSSR count). The maximum absolute atomic E-state index is 12.4. The van der Waals surface area contributed by atoms with Gasteiger partial charge in [0.1, 0.15) is 0 Å². The third kappa shape index (κ3) is 1.10. The molecule has 0 aliphatic heterocycles. The molecular formula is C6H6FN3. The Bertz CT molecular complexity index is 259. The normalized spacial score (nSPS) is 9.30. The largest absolute Gasteiger partial charge is 0.381 e. The van der Waals surface area contributed by atoms with Crippen molar-refractivity contribution in [1.29, 1.82) is 0 Å². The molecule has 1 aromatic rings. The van der Waals surface area contributed by atoms with Gasteiger partial charge in [0.25, 0.3) is 0 Å². The highest BCUT2D eigenvalue weighted by Crippen LogP contribution is 2.03. The Morgan fingerprint density at radius 2 is 2.40 bits per heavy atom. The number of hydrogen-bond acceptors (Lipinski definition) is 3. The van der Waals surface area contributed by atoms with Crippen molar-refractivity contribution in [3.05, 3.63) is 24.4 Å². The number of nitrogens with two attached hydrogens (primary N) is 1. The van der Waals surface area contributed by atoms with Crippen molar-refractivity contribution in [1.82, 2.24) is 9.97 Å². The van der Waals surface area contributed by atoms with Gasteiger partial charge in [0.15, 0.2) is 17.5 Å². The van der Waals surface area contributed by atoms with Crippen LogP contribution in [-0.2, 0) is 0 Å². The molecule has 0 bridgehead atoms. The molecule has 52 valence electrons. The van der Waals surface area contributed by atoms with E-state index in [0.29, 0.717) is 5.82 Å². The van der Waals surface area contributed by atoms with Crippen molar-refractivity contribution in [3.8, 4) is 0 Å². The van der Waals surface area contributed by atoms with E-state index in [1.54, 1.807) is 0 Å². The predicted octanol–water partition coefficient (Wildman–Crippen LogP) is 0.841. The van der Waals surface area contributed by atoms with Gasteiger partial charge in [-0.15, -0.1) is 0 Å². The highest BCUT2D eigenvalue weighted by atomic mass is 19.1. The van der Waals surface area contributed by atoms with Gasteiger partial charge in [-0.05, 0) is 6.08 Å². The SMILES string of the molecule is C=Cc1ncc(F)c(N)n1. The number of aromatic nitrogens is 2. The number of halogens is 1. The van der Waals surface area contributed by atoms with Crippen LogP contribution >= 0.6 is 0 Å². The van der Waals surface area contributed by atoms with Crippen molar-refractivity contribution in [2.24, 2.45) is 0 Å². The zero-order valence-corrected chi connectivity index (χ0v) is 5.21. The zero-order valence-electron chi connectivity index (χ0n) is 5.21. The quantitative estimate of drug-likeness (QED) is 0.627. The molecule has 3 nitrogen and oxygen atoms in total. The van der Waals surface area contributed by atoms with Crippen LogP contribution in [0.4, 0.5) is 10.2 Å². The summed E-state index contributed by atoms with van der Waals surface area (Å²) in [6, 6.07) is 0. The summed E-state index contributed by atoms with van der Waals surface area (Å²) in [6.07, 6.45) is 2.41. The van der Waals surface area contributed by atoms with E-state index in [1.165, 1.54) is 6.08 Å². The molecule has 0 radical (unpaired) electrons. The lowest BCUT2D eigenvalue weighted by Crippen LogP contribution is -1.98. The Hall–Kier alpha value is -1.45. The van der Waals surface area contributed by atoms with Gasteiger partial charge in [-0.2, -0.15) is 0 Å². The second kappa shape index (κ2) is 2.43. The Balaban J connectivity index is 3.16. The van der Waals surface area contributed by atoms with Crippen LogP contribution in [0.2, 0.25) is 0 Å². The molecule has 10 heavy (non-hydrogen) atoms. The Kier molecular flexibility index (Phi) is 1.62. The smallest absolute Gasteiger partial charge is 0.183 e. The Labute approximate surface area is 57.4 Å². The molecule has 0 unspecified atom stereocenters. The Morgan fingerprint density at radius 1 is 1.70 bits per heavy atom. The lowest BCUT2D eigenvalue weighted by Gasteiger charge is -1.94. The third-order valence-corrected chi connectivity index (χ3v) is 0.972. The van der Waals surface area contributed by atoms with Crippen molar-refractivity contribution >= 4 is 11.9 Å². The molecule has 0 atom stereocenters. The van der Waals surface area contributed by atoms with Crippen LogP contribution in [0.25, 0.3) is 6.08 Å². The fourth-order valence-electron chi connectivity index (χ4n) is 0.493. The van der Waals surface area contributed by atoms with Crippen LogP contribution in [0.3, 0.4) is 0 Å². The molecular weight excluding hydrogens is 133 g/mol. The molecule has 0 saturated carbocycles. The van der Waals surface area contributed by atoms with Gasteiger partial charge in [0.05, 0.1) is 6.20 Å². The molecule has 0 saturated heterocycles. The summed E-state index contributed by atoms with van der Waals surface area (Å²) in [7, 11) is 0. The first-order valence-electron chi connectivity index (χ1n) is 2.64. The van der Waals surface area contributed by atoms with Crippen molar-refractivity contribution in [3.63, 3.8) is 0 Å². The van der Waals surface area contributed by atoms with E-state index in [1.807, 2.05) is 0 Å². The first kappa shape index (κ1) is 6.67. The zero-order chi connectivity index (χ0) is 7.56. The molecule has 0 fully saturated rings. The standard InChI is InChI=1S/C6H6FN3/c1-2-5-9-3-4(7)6(8)10-5/h2-3H,1H2,(H2,8,9,10). The minimum atomic E-state index is -0.606. The van der Waals surface area contributed by atoms with Gasteiger partial charge in [0, 0.05) is 0 Å². The van der Waals surface area contributed by atoms with Crippen molar-refractivity contribution in [2.45, 2.75) is 0 Å². The number of rotatable bonds is 1. The summed E-state index contributed by atoms with van der Waals surface area (Å²) in [6.45, 7) is 3.40. The highest BCUT2D eigenvalue weighted by Gasteiger charge is 1.98. The minimum absolute atomic E-state index is 0.148. The fraction of sp³-hybridized carbons (Fsp3) is 0. The van der Waals surface area contributed by atoms with Gasteiger partial charge in [0.2, 0.25) is 0 Å². The molecule has 1 heterocycles. The number of nitrogen functional groups attached to an aromatic ring is 1. The van der Waals surface area contributed by atoms with Crippen molar-refractivity contribution < 1.29 is 4.39 Å². The number of nitrogens with zero attached hydrogens (tertiary/aromatic N) is 2. The summed E-state index contributed by atoms with van der Waals surface area (Å²) in [5.41, 5.74) is 5.12. The van der Waals surface area contributed by atoms with E-state index >= 15 is 0 Å². The summed E-state index contributed by atoms with van der Waals surface area (Å²) < 4.78 is 12.4. The molecule has 0 aliphatic carbocycles. The maximum atomic E-state index is 12.4. The molecule has 4 heteroatoms. The molecule has 0 aromatic carbocycles. The topological polar surface area (TPSA) is 51.8 Å². The summed E-state index contributed by atoms with van der Waals surface area (Å²) in [5, 5.41) is 0. The average Bonchev–Trinajstić information content (AvgIpc) is 1.95. The van der Waals surface area contributed by atoms with E-state index < -0.39 is 5.82 Å². The van der Waals surface area contributed by atoms with E-state index in [-0.39, 0.29) is 5.82 Å². The van der Waals surface area contributed by atoms with E-state index in [2.05, 4.69) is 16.5 Å². The first-order chi connectivity index (χ1) is 4.74. The van der Waals surface area contributed by atoms with Gasteiger partial charge >= 0.3 is 0 Å². The van der Waals surface area contributed by atoms with Crippen LogP contribution < -0.4 is 5.73 Å². The van der Waals surface area contributed by atoms with Gasteiger partial charge in [-0.1, -0.05) is 6.58 Å². The maximum Gasteiger partial charge on any atom is 0.183 e. The summed E-state index contributed by atoms with van der Waals surface area (Å²) >= 11 is 0. The fourth-order valence-corrected chi connectivity index (χ4v) is 0.493. The van der Waals surface area contributed by atoms with Crippen LogP contribution in [0.1, 0.15) is 5.82 Å². The second-order valence-corrected chi connectivity index (χ2v) is 1.67. The van der Waals surface area contributed by atoms with Crippen LogP contribution in [0.5, 0.6) is 0 Å². The van der Waals surface area contributed by atoms with Crippen LogP contribution in [-0.4, -0.2) is 9.97 Å². The van der Waals surface area contributed by atoms with Gasteiger partial charge in [-0.3, -0.25) is 0 Å². The van der Waals surface area contributed by atoms with Gasteiger partial charge < -0.3 is 5.73 Å². The van der Waals surface area contributed by atoms with Crippen LogP contribution in [0.15, 0.2) is 12.8 Å². The molecule has 1 aromatic heterocycles. The molecule has 0 aliphatic rings. The lowest BCUT2D eigenvalue weighted by molar-refractivity contribution is 0.619. The predicted molar refractivity (Wildman–Crippen MR) is 36.5 cm³/mol.